The first kappa shape index (κ1) is 17.2. The maximum absolute atomic E-state index is 12.1. The average molecular weight is 301 g/mol. The highest BCUT2D eigenvalue weighted by molar-refractivity contribution is 5.80. The summed E-state index contributed by atoms with van der Waals surface area (Å²) in [6.45, 7) is 4.16. The molecule has 120 valence electrons. The predicted octanol–water partition coefficient (Wildman–Crippen LogP) is -0.404. The van der Waals surface area contributed by atoms with Crippen LogP contribution < -0.4 is 5.32 Å². The molecular weight excluding hydrogens is 278 g/mol. The number of urea groups is 1. The van der Waals surface area contributed by atoms with Crippen LogP contribution >= 0.6 is 0 Å². The number of nitrogens with zero attached hydrogens (tertiary/aromatic N) is 2. The Bertz CT molecular complexity index is 420. The van der Waals surface area contributed by atoms with E-state index in [2.05, 4.69) is 5.32 Å². The quantitative estimate of drug-likeness (QED) is 0.695. The number of carbonyl (C=O) groups excluding carboxylic acids is 2. The van der Waals surface area contributed by atoms with Crippen molar-refractivity contribution < 1.29 is 24.2 Å². The van der Waals surface area contributed by atoms with Crippen molar-refractivity contribution in [2.24, 2.45) is 5.92 Å². The van der Waals surface area contributed by atoms with Gasteiger partial charge in [-0.05, 0) is 6.92 Å². The Labute approximate surface area is 124 Å². The molecule has 8 heteroatoms. The second-order valence-electron chi connectivity index (χ2n) is 5.67. The van der Waals surface area contributed by atoms with Gasteiger partial charge < -0.3 is 25.0 Å². The lowest BCUT2D eigenvalue weighted by Gasteiger charge is -2.48. The van der Waals surface area contributed by atoms with Gasteiger partial charge in [0.2, 0.25) is 5.91 Å². The minimum absolute atomic E-state index is 0.118. The number of hydrogen-bond donors (Lipinski definition) is 2. The number of carboxylic acid groups (broad SMARTS) is 1. The summed E-state index contributed by atoms with van der Waals surface area (Å²) in [5.74, 6) is -1.44. The van der Waals surface area contributed by atoms with Crippen molar-refractivity contribution in [2.45, 2.75) is 19.4 Å². The van der Waals surface area contributed by atoms with Gasteiger partial charge in [-0.1, -0.05) is 6.92 Å². The fourth-order valence-corrected chi connectivity index (χ4v) is 2.28. The third-order valence-electron chi connectivity index (χ3n) is 3.43. The standard InChI is InChI=1S/C13H23N3O5/c1-9(11(19)14-3)5-15(4)12(20)16-7-13(2,8-16)21-6-10(17)18/h9H,5-8H2,1-4H3,(H,14,19)(H,17,18). The molecule has 0 spiro atoms. The molecule has 0 saturated carbocycles. The summed E-state index contributed by atoms with van der Waals surface area (Å²) in [6, 6.07) is -0.192. The summed E-state index contributed by atoms with van der Waals surface area (Å²) in [5, 5.41) is 11.1. The molecule has 0 aromatic rings. The molecule has 0 aromatic carbocycles. The Morgan fingerprint density at radius 3 is 2.48 bits per heavy atom. The van der Waals surface area contributed by atoms with Gasteiger partial charge in [-0.25, -0.2) is 9.59 Å². The lowest BCUT2D eigenvalue weighted by Crippen LogP contribution is -2.65. The maximum Gasteiger partial charge on any atom is 0.329 e. The zero-order valence-electron chi connectivity index (χ0n) is 12.9. The zero-order valence-corrected chi connectivity index (χ0v) is 12.9. The summed E-state index contributed by atoms with van der Waals surface area (Å²) in [5.41, 5.74) is -0.610. The Hall–Kier alpha value is -1.83. The van der Waals surface area contributed by atoms with Gasteiger partial charge in [0, 0.05) is 20.6 Å². The zero-order chi connectivity index (χ0) is 16.2. The predicted molar refractivity (Wildman–Crippen MR) is 74.8 cm³/mol. The molecule has 0 aliphatic carbocycles. The van der Waals surface area contributed by atoms with E-state index in [0.29, 0.717) is 19.6 Å². The van der Waals surface area contributed by atoms with Crippen LogP contribution in [0.5, 0.6) is 0 Å². The molecule has 1 aliphatic rings. The van der Waals surface area contributed by atoms with Crippen molar-refractivity contribution in [1.82, 2.24) is 15.1 Å². The molecule has 1 heterocycles. The average Bonchev–Trinajstić information content (AvgIpc) is 2.39. The lowest BCUT2D eigenvalue weighted by molar-refractivity contribution is -0.160. The second-order valence-corrected chi connectivity index (χ2v) is 5.67. The topological polar surface area (TPSA) is 99.2 Å². The van der Waals surface area contributed by atoms with E-state index < -0.39 is 11.6 Å². The van der Waals surface area contributed by atoms with Crippen molar-refractivity contribution in [1.29, 1.82) is 0 Å². The molecule has 2 N–H and O–H groups in total. The molecule has 1 atom stereocenters. The molecule has 1 aliphatic heterocycles. The third kappa shape index (κ3) is 4.59. The molecule has 0 radical (unpaired) electrons. The van der Waals surface area contributed by atoms with E-state index in [0.717, 1.165) is 0 Å². The summed E-state index contributed by atoms with van der Waals surface area (Å²) in [6.07, 6.45) is 0. The van der Waals surface area contributed by atoms with Gasteiger partial charge in [0.1, 0.15) is 12.2 Å². The first-order valence-electron chi connectivity index (χ1n) is 6.76. The fraction of sp³-hybridized carbons (Fsp3) is 0.769. The number of aliphatic carboxylic acids is 1. The van der Waals surface area contributed by atoms with Gasteiger partial charge in [-0.3, -0.25) is 4.79 Å². The van der Waals surface area contributed by atoms with Crippen LogP contribution in [-0.4, -0.2) is 78.8 Å². The van der Waals surface area contributed by atoms with Crippen LogP contribution in [0.15, 0.2) is 0 Å². The van der Waals surface area contributed by atoms with Crippen molar-refractivity contribution in [3.63, 3.8) is 0 Å². The Kier molecular flexibility index (Phi) is 5.54. The molecule has 1 fully saturated rings. The largest absolute Gasteiger partial charge is 0.480 e. The number of hydrogen-bond acceptors (Lipinski definition) is 4. The molecule has 21 heavy (non-hydrogen) atoms. The fourth-order valence-electron chi connectivity index (χ4n) is 2.28. The van der Waals surface area contributed by atoms with Gasteiger partial charge in [-0.2, -0.15) is 0 Å². The highest BCUT2D eigenvalue weighted by Gasteiger charge is 2.43. The lowest BCUT2D eigenvalue weighted by atomic mass is 9.97. The molecule has 0 bridgehead atoms. The number of rotatable bonds is 6. The number of nitrogens with one attached hydrogen (secondary N) is 1. The normalized spacial score (nSPS) is 17.6. The first-order chi connectivity index (χ1) is 9.68. The molecule has 3 amide bonds. The van der Waals surface area contributed by atoms with Gasteiger partial charge in [-0.15, -0.1) is 0 Å². The summed E-state index contributed by atoms with van der Waals surface area (Å²) in [4.78, 5) is 37.1. The number of likely N-dealkylation sites (tertiary alicyclic amines) is 1. The third-order valence-corrected chi connectivity index (χ3v) is 3.43. The van der Waals surface area contributed by atoms with E-state index in [4.69, 9.17) is 9.84 Å². The smallest absolute Gasteiger partial charge is 0.329 e. The molecule has 1 saturated heterocycles. The molecule has 0 aromatic heterocycles. The summed E-state index contributed by atoms with van der Waals surface area (Å²) < 4.78 is 5.25. The SMILES string of the molecule is CNC(=O)C(C)CN(C)C(=O)N1CC(C)(OCC(=O)O)C1. The van der Waals surface area contributed by atoms with Crippen LogP contribution in [0, 0.1) is 5.92 Å². The minimum Gasteiger partial charge on any atom is -0.480 e. The van der Waals surface area contributed by atoms with E-state index >= 15 is 0 Å². The van der Waals surface area contributed by atoms with E-state index in [1.807, 2.05) is 0 Å². The van der Waals surface area contributed by atoms with Crippen LogP contribution in [0.1, 0.15) is 13.8 Å². The monoisotopic (exact) mass is 301 g/mol. The Balaban J connectivity index is 2.41. The summed E-state index contributed by atoms with van der Waals surface area (Å²) >= 11 is 0. The van der Waals surface area contributed by atoms with Gasteiger partial charge in [0.25, 0.3) is 0 Å². The highest BCUT2D eigenvalue weighted by atomic mass is 16.5. The molecule has 1 rings (SSSR count). The number of ether oxygens (including phenoxy) is 1. The highest BCUT2D eigenvalue weighted by Crippen LogP contribution is 2.25. The minimum atomic E-state index is -1.03. The molecule has 8 nitrogen and oxygen atoms in total. The van der Waals surface area contributed by atoms with Gasteiger partial charge >= 0.3 is 12.0 Å². The van der Waals surface area contributed by atoms with Gasteiger partial charge in [0.05, 0.1) is 19.0 Å². The number of amides is 3. The van der Waals surface area contributed by atoms with Crippen molar-refractivity contribution in [3.8, 4) is 0 Å². The van der Waals surface area contributed by atoms with E-state index in [1.54, 1.807) is 32.8 Å². The number of carboxylic acids is 1. The van der Waals surface area contributed by atoms with E-state index in [1.165, 1.54) is 4.90 Å². The maximum atomic E-state index is 12.1. The Morgan fingerprint density at radius 1 is 1.43 bits per heavy atom. The summed E-state index contributed by atoms with van der Waals surface area (Å²) in [7, 11) is 3.19. The van der Waals surface area contributed by atoms with E-state index in [9.17, 15) is 14.4 Å². The molecule has 1 unspecified atom stereocenters. The second kappa shape index (κ2) is 6.75. The van der Waals surface area contributed by atoms with Crippen molar-refractivity contribution in [2.75, 3.05) is 40.3 Å². The van der Waals surface area contributed by atoms with Crippen molar-refractivity contribution >= 4 is 17.9 Å². The van der Waals surface area contributed by atoms with Gasteiger partial charge in [0.15, 0.2) is 0 Å². The van der Waals surface area contributed by atoms with Crippen LogP contribution in [0.3, 0.4) is 0 Å². The van der Waals surface area contributed by atoms with Crippen LogP contribution in [0.2, 0.25) is 0 Å². The first-order valence-corrected chi connectivity index (χ1v) is 6.76. The molecular formula is C13H23N3O5. The Morgan fingerprint density at radius 2 is 2.00 bits per heavy atom. The number of carbonyl (C=O) groups is 3. The van der Waals surface area contributed by atoms with Crippen LogP contribution in [0.25, 0.3) is 0 Å². The van der Waals surface area contributed by atoms with Crippen LogP contribution in [-0.2, 0) is 14.3 Å². The van der Waals surface area contributed by atoms with E-state index in [-0.39, 0.29) is 24.5 Å². The van der Waals surface area contributed by atoms with Crippen molar-refractivity contribution in [3.05, 3.63) is 0 Å². The van der Waals surface area contributed by atoms with Crippen LogP contribution in [0.4, 0.5) is 4.79 Å².